The molecular weight excluding hydrogens is 229 g/mol. The first-order chi connectivity index (χ1) is 8.36. The molecule has 3 heteroatoms. The Hall–Kier alpha value is -1.09. The van der Waals surface area contributed by atoms with E-state index in [2.05, 4.69) is 25.7 Å². The van der Waals surface area contributed by atoms with Crippen molar-refractivity contribution in [3.63, 3.8) is 0 Å². The maximum absolute atomic E-state index is 13.3. The van der Waals surface area contributed by atoms with Crippen molar-refractivity contribution in [2.75, 3.05) is 13.1 Å². The van der Waals surface area contributed by atoms with Gasteiger partial charge in [-0.05, 0) is 42.0 Å². The standard InChI is InChI=1S/C15H22FNO/c1-15(2,3)12-6-7-17(10-12)9-11-4-5-14(18)13(16)8-11/h4-5,8,12,18H,6-7,9-10H2,1-3H3. The summed E-state index contributed by atoms with van der Waals surface area (Å²) in [6, 6.07) is 4.66. The maximum Gasteiger partial charge on any atom is 0.165 e. The average molecular weight is 251 g/mol. The highest BCUT2D eigenvalue weighted by Crippen LogP contribution is 2.34. The molecule has 2 rings (SSSR count). The Morgan fingerprint density at radius 2 is 2.11 bits per heavy atom. The topological polar surface area (TPSA) is 23.5 Å². The molecule has 1 aromatic rings. The van der Waals surface area contributed by atoms with Gasteiger partial charge in [0.05, 0.1) is 0 Å². The van der Waals surface area contributed by atoms with Gasteiger partial charge in [-0.3, -0.25) is 4.90 Å². The summed E-state index contributed by atoms with van der Waals surface area (Å²) in [5.41, 5.74) is 1.27. The molecular formula is C15H22FNO. The fraction of sp³-hybridized carbons (Fsp3) is 0.600. The molecule has 2 nitrogen and oxygen atoms in total. The minimum absolute atomic E-state index is 0.271. The molecule has 100 valence electrons. The van der Waals surface area contributed by atoms with E-state index in [9.17, 15) is 4.39 Å². The van der Waals surface area contributed by atoms with Crippen molar-refractivity contribution in [1.29, 1.82) is 0 Å². The monoisotopic (exact) mass is 251 g/mol. The van der Waals surface area contributed by atoms with Crippen LogP contribution in [0, 0.1) is 17.2 Å². The largest absolute Gasteiger partial charge is 0.505 e. The van der Waals surface area contributed by atoms with Crippen molar-refractivity contribution >= 4 is 0 Å². The number of phenols is 1. The number of likely N-dealkylation sites (tertiary alicyclic amines) is 1. The van der Waals surface area contributed by atoms with E-state index in [1.54, 1.807) is 6.07 Å². The minimum Gasteiger partial charge on any atom is -0.505 e. The third-order valence-electron chi connectivity index (χ3n) is 3.92. The molecule has 1 fully saturated rings. The number of benzene rings is 1. The van der Waals surface area contributed by atoms with Gasteiger partial charge in [0, 0.05) is 13.1 Å². The lowest BCUT2D eigenvalue weighted by Gasteiger charge is -2.27. The van der Waals surface area contributed by atoms with Gasteiger partial charge in [0.2, 0.25) is 0 Å². The molecule has 0 aliphatic carbocycles. The highest BCUT2D eigenvalue weighted by atomic mass is 19.1. The summed E-state index contributed by atoms with van der Waals surface area (Å²) in [7, 11) is 0. The molecule has 1 atom stereocenters. The van der Waals surface area contributed by atoms with Crippen molar-refractivity contribution in [2.45, 2.75) is 33.7 Å². The van der Waals surface area contributed by atoms with E-state index in [0.717, 1.165) is 25.2 Å². The van der Waals surface area contributed by atoms with Crippen molar-refractivity contribution in [3.8, 4) is 5.75 Å². The van der Waals surface area contributed by atoms with Gasteiger partial charge in [0.15, 0.2) is 11.6 Å². The van der Waals surface area contributed by atoms with Gasteiger partial charge in [-0.25, -0.2) is 4.39 Å². The van der Waals surface area contributed by atoms with Gasteiger partial charge >= 0.3 is 0 Å². The minimum atomic E-state index is -0.529. The molecule has 1 aromatic carbocycles. The van der Waals surface area contributed by atoms with E-state index in [4.69, 9.17) is 5.11 Å². The number of phenolic OH excluding ortho intramolecular Hbond substituents is 1. The van der Waals surface area contributed by atoms with Crippen molar-refractivity contribution in [3.05, 3.63) is 29.6 Å². The lowest BCUT2D eigenvalue weighted by molar-refractivity contribution is 0.226. The predicted molar refractivity (Wildman–Crippen MR) is 70.9 cm³/mol. The lowest BCUT2D eigenvalue weighted by atomic mass is 9.80. The Labute approximate surface area is 108 Å². The van der Waals surface area contributed by atoms with Crippen molar-refractivity contribution in [1.82, 2.24) is 4.90 Å². The Balaban J connectivity index is 1.97. The van der Waals surface area contributed by atoms with E-state index in [0.29, 0.717) is 11.3 Å². The van der Waals surface area contributed by atoms with Gasteiger partial charge in [0.1, 0.15) is 0 Å². The van der Waals surface area contributed by atoms with Crippen LogP contribution in [0.1, 0.15) is 32.8 Å². The van der Waals surface area contributed by atoms with E-state index < -0.39 is 5.82 Å². The number of halogens is 1. The van der Waals surface area contributed by atoms with Gasteiger partial charge < -0.3 is 5.11 Å². The Morgan fingerprint density at radius 1 is 1.39 bits per heavy atom. The van der Waals surface area contributed by atoms with Crippen LogP contribution in [0.3, 0.4) is 0 Å². The van der Waals surface area contributed by atoms with Gasteiger partial charge in [-0.15, -0.1) is 0 Å². The van der Waals surface area contributed by atoms with Crippen LogP contribution in [-0.2, 0) is 6.54 Å². The summed E-state index contributed by atoms with van der Waals surface area (Å²) in [5, 5.41) is 9.16. The summed E-state index contributed by atoms with van der Waals surface area (Å²) in [5.74, 6) is -0.0914. The third-order valence-corrected chi connectivity index (χ3v) is 3.92. The molecule has 0 saturated carbocycles. The van der Waals surface area contributed by atoms with Crippen LogP contribution in [-0.4, -0.2) is 23.1 Å². The number of hydrogen-bond acceptors (Lipinski definition) is 2. The molecule has 0 bridgehead atoms. The second-order valence-corrected chi connectivity index (χ2v) is 6.37. The molecule has 18 heavy (non-hydrogen) atoms. The number of aromatic hydroxyl groups is 1. The fourth-order valence-corrected chi connectivity index (χ4v) is 2.59. The summed E-state index contributed by atoms with van der Waals surface area (Å²) in [4.78, 5) is 2.36. The lowest BCUT2D eigenvalue weighted by Crippen LogP contribution is -2.25. The van der Waals surface area contributed by atoms with Crippen LogP contribution in [0.4, 0.5) is 4.39 Å². The highest BCUT2D eigenvalue weighted by Gasteiger charge is 2.31. The summed E-state index contributed by atoms with van der Waals surface area (Å²) in [6.45, 7) is 9.75. The quantitative estimate of drug-likeness (QED) is 0.870. The Bertz CT molecular complexity index is 425. The van der Waals surface area contributed by atoms with E-state index in [1.807, 2.05) is 0 Å². The van der Waals surface area contributed by atoms with E-state index in [-0.39, 0.29) is 5.75 Å². The van der Waals surface area contributed by atoms with Crippen LogP contribution in [0.5, 0.6) is 5.75 Å². The molecule has 0 aromatic heterocycles. The van der Waals surface area contributed by atoms with Crippen LogP contribution >= 0.6 is 0 Å². The summed E-state index contributed by atoms with van der Waals surface area (Å²) >= 11 is 0. The Morgan fingerprint density at radius 3 is 2.67 bits per heavy atom. The van der Waals surface area contributed by atoms with E-state index >= 15 is 0 Å². The average Bonchev–Trinajstić information content (AvgIpc) is 2.72. The first-order valence-corrected chi connectivity index (χ1v) is 6.56. The molecule has 1 N–H and O–H groups in total. The molecule has 1 aliphatic rings. The molecule has 1 aliphatic heterocycles. The molecule has 1 unspecified atom stereocenters. The number of hydrogen-bond donors (Lipinski definition) is 1. The second kappa shape index (κ2) is 4.88. The predicted octanol–water partition coefficient (Wildman–Crippen LogP) is 3.40. The van der Waals surface area contributed by atoms with Crippen LogP contribution in [0.15, 0.2) is 18.2 Å². The molecule has 0 spiro atoms. The number of rotatable bonds is 2. The zero-order valence-corrected chi connectivity index (χ0v) is 11.4. The first kappa shape index (κ1) is 13.3. The first-order valence-electron chi connectivity index (χ1n) is 6.56. The Kier molecular flexibility index (Phi) is 3.62. The van der Waals surface area contributed by atoms with Crippen LogP contribution in [0.2, 0.25) is 0 Å². The zero-order chi connectivity index (χ0) is 13.3. The maximum atomic E-state index is 13.3. The van der Waals surface area contributed by atoms with Gasteiger partial charge in [-0.2, -0.15) is 0 Å². The summed E-state index contributed by atoms with van der Waals surface area (Å²) in [6.07, 6.45) is 1.21. The van der Waals surface area contributed by atoms with Crippen molar-refractivity contribution in [2.24, 2.45) is 11.3 Å². The molecule has 1 heterocycles. The zero-order valence-electron chi connectivity index (χ0n) is 11.4. The van der Waals surface area contributed by atoms with E-state index in [1.165, 1.54) is 18.6 Å². The fourth-order valence-electron chi connectivity index (χ4n) is 2.59. The van der Waals surface area contributed by atoms with Gasteiger partial charge in [0.25, 0.3) is 0 Å². The van der Waals surface area contributed by atoms with Gasteiger partial charge in [-0.1, -0.05) is 26.8 Å². The molecule has 0 radical (unpaired) electrons. The number of nitrogens with zero attached hydrogens (tertiary/aromatic N) is 1. The molecule has 0 amide bonds. The smallest absolute Gasteiger partial charge is 0.165 e. The summed E-state index contributed by atoms with van der Waals surface area (Å²) < 4.78 is 13.3. The van der Waals surface area contributed by atoms with Crippen LogP contribution < -0.4 is 0 Å². The SMILES string of the molecule is CC(C)(C)C1CCN(Cc2ccc(O)c(F)c2)C1. The van der Waals surface area contributed by atoms with Crippen molar-refractivity contribution < 1.29 is 9.50 Å². The third kappa shape index (κ3) is 3.02. The molecule has 1 saturated heterocycles. The normalized spacial score (nSPS) is 21.4. The van der Waals surface area contributed by atoms with Crippen LogP contribution in [0.25, 0.3) is 0 Å². The second-order valence-electron chi connectivity index (χ2n) is 6.37. The highest BCUT2D eigenvalue weighted by molar-refractivity contribution is 5.28.